The van der Waals surface area contributed by atoms with Crippen molar-refractivity contribution in [2.75, 3.05) is 5.32 Å². The minimum absolute atomic E-state index is 0.180. The van der Waals surface area contributed by atoms with Crippen LogP contribution < -0.4 is 5.32 Å². The first-order chi connectivity index (χ1) is 11.2. The zero-order valence-corrected chi connectivity index (χ0v) is 13.1. The van der Waals surface area contributed by atoms with Gasteiger partial charge in [-0.2, -0.15) is 0 Å². The number of nitrogens with one attached hydrogen (secondary N) is 1. The summed E-state index contributed by atoms with van der Waals surface area (Å²) < 4.78 is 0. The topological polar surface area (TPSA) is 54.9 Å². The van der Waals surface area contributed by atoms with Crippen molar-refractivity contribution in [1.29, 1.82) is 0 Å². The van der Waals surface area contributed by atoms with Gasteiger partial charge in [-0.3, -0.25) is 9.78 Å². The van der Waals surface area contributed by atoms with E-state index < -0.39 is 0 Å². The van der Waals surface area contributed by atoms with Crippen molar-refractivity contribution in [2.24, 2.45) is 0 Å². The van der Waals surface area contributed by atoms with Crippen molar-refractivity contribution < 1.29 is 4.79 Å². The lowest BCUT2D eigenvalue weighted by Crippen LogP contribution is -2.15. The Morgan fingerprint density at radius 3 is 2.78 bits per heavy atom. The predicted molar refractivity (Wildman–Crippen MR) is 93.4 cm³/mol. The van der Waals surface area contributed by atoms with E-state index in [9.17, 15) is 4.79 Å². The molecule has 4 nitrogen and oxygen atoms in total. The molecule has 4 heteroatoms. The van der Waals surface area contributed by atoms with Crippen LogP contribution in [0.25, 0.3) is 17.0 Å². The third kappa shape index (κ3) is 3.11. The Kier molecular flexibility index (Phi) is 4.15. The van der Waals surface area contributed by atoms with E-state index in [1.165, 1.54) is 0 Å². The number of aromatic nitrogens is 2. The van der Waals surface area contributed by atoms with Gasteiger partial charge in [0.15, 0.2) is 5.82 Å². The Morgan fingerprint density at radius 2 is 2.00 bits per heavy atom. The molecule has 0 saturated carbocycles. The minimum atomic E-state index is -0.180. The molecule has 0 bridgehead atoms. The molecule has 3 aromatic rings. The summed E-state index contributed by atoms with van der Waals surface area (Å²) >= 11 is 0. The summed E-state index contributed by atoms with van der Waals surface area (Å²) in [6.45, 7) is 3.89. The molecule has 23 heavy (non-hydrogen) atoms. The average Bonchev–Trinajstić information content (AvgIpc) is 2.55. The van der Waals surface area contributed by atoms with Gasteiger partial charge in [0.2, 0.25) is 0 Å². The molecule has 0 unspecified atom stereocenters. The van der Waals surface area contributed by atoms with Gasteiger partial charge in [-0.05, 0) is 43.2 Å². The second-order valence-corrected chi connectivity index (χ2v) is 5.26. The maximum atomic E-state index is 12.6. The van der Waals surface area contributed by atoms with Crippen LogP contribution in [0.1, 0.15) is 28.4 Å². The number of pyridine rings is 2. The van der Waals surface area contributed by atoms with Crippen LogP contribution in [0.4, 0.5) is 5.82 Å². The minimum Gasteiger partial charge on any atom is -0.305 e. The zero-order valence-electron chi connectivity index (χ0n) is 13.1. The molecule has 114 valence electrons. The van der Waals surface area contributed by atoms with E-state index in [0.29, 0.717) is 16.9 Å². The molecular weight excluding hydrogens is 286 g/mol. The highest BCUT2D eigenvalue weighted by atomic mass is 16.1. The number of rotatable bonds is 3. The normalized spacial score (nSPS) is 11.0. The summed E-state index contributed by atoms with van der Waals surface area (Å²) in [5, 5.41) is 3.81. The molecule has 0 radical (unpaired) electrons. The molecule has 1 amide bonds. The van der Waals surface area contributed by atoms with Gasteiger partial charge in [-0.15, -0.1) is 0 Å². The quantitative estimate of drug-likeness (QED) is 0.788. The van der Waals surface area contributed by atoms with E-state index in [1.807, 2.05) is 62.4 Å². The lowest BCUT2D eigenvalue weighted by atomic mass is 10.0. The first-order valence-corrected chi connectivity index (χ1v) is 7.43. The van der Waals surface area contributed by atoms with Gasteiger partial charge in [-0.1, -0.05) is 30.4 Å². The Bertz CT molecular complexity index is 895. The van der Waals surface area contributed by atoms with Crippen LogP contribution in [-0.2, 0) is 0 Å². The van der Waals surface area contributed by atoms with Crippen molar-refractivity contribution in [1.82, 2.24) is 9.97 Å². The fourth-order valence-electron chi connectivity index (χ4n) is 2.51. The average molecular weight is 303 g/mol. The fourth-order valence-corrected chi connectivity index (χ4v) is 2.51. The molecule has 0 fully saturated rings. The van der Waals surface area contributed by atoms with E-state index in [4.69, 9.17) is 0 Å². The molecule has 2 aromatic heterocycles. The molecule has 1 N–H and O–H groups in total. The molecule has 0 aliphatic heterocycles. The Labute approximate surface area is 134 Å². The molecule has 0 spiro atoms. The Morgan fingerprint density at radius 1 is 1.13 bits per heavy atom. The SMILES string of the molecule is C/C=C/c1ccc(C(=O)Nc2nccc3cccnc23)c(C)c1. The lowest BCUT2D eigenvalue weighted by Gasteiger charge is -2.09. The Hall–Kier alpha value is -3.01. The smallest absolute Gasteiger partial charge is 0.257 e. The van der Waals surface area contributed by atoms with Gasteiger partial charge in [0, 0.05) is 23.3 Å². The number of benzene rings is 1. The maximum absolute atomic E-state index is 12.6. The van der Waals surface area contributed by atoms with E-state index in [2.05, 4.69) is 15.3 Å². The van der Waals surface area contributed by atoms with Gasteiger partial charge >= 0.3 is 0 Å². The van der Waals surface area contributed by atoms with Crippen molar-refractivity contribution in [2.45, 2.75) is 13.8 Å². The maximum Gasteiger partial charge on any atom is 0.257 e. The van der Waals surface area contributed by atoms with Crippen LogP contribution in [0.2, 0.25) is 0 Å². The van der Waals surface area contributed by atoms with E-state index in [-0.39, 0.29) is 5.91 Å². The van der Waals surface area contributed by atoms with Crippen LogP contribution in [0, 0.1) is 6.92 Å². The second-order valence-electron chi connectivity index (χ2n) is 5.26. The molecule has 2 heterocycles. The first-order valence-electron chi connectivity index (χ1n) is 7.43. The number of hydrogen-bond acceptors (Lipinski definition) is 3. The number of hydrogen-bond donors (Lipinski definition) is 1. The predicted octanol–water partition coefficient (Wildman–Crippen LogP) is 4.22. The molecular formula is C19H17N3O. The molecule has 0 atom stereocenters. The number of nitrogens with zero attached hydrogens (tertiary/aromatic N) is 2. The first kappa shape index (κ1) is 14.9. The summed E-state index contributed by atoms with van der Waals surface area (Å²) in [5.41, 5.74) is 3.32. The molecule has 3 rings (SSSR count). The third-order valence-electron chi connectivity index (χ3n) is 3.61. The van der Waals surface area contributed by atoms with E-state index in [1.54, 1.807) is 12.4 Å². The molecule has 0 saturated heterocycles. The second kappa shape index (κ2) is 6.40. The highest BCUT2D eigenvalue weighted by Crippen LogP contribution is 2.20. The summed E-state index contributed by atoms with van der Waals surface area (Å²) in [4.78, 5) is 21.1. The standard InChI is InChI=1S/C19H17N3O/c1-3-5-14-7-8-16(13(2)12-14)19(23)22-18-17-15(9-11-21-18)6-4-10-20-17/h3-12H,1-2H3,(H,21,22,23)/b5-3+. The zero-order chi connectivity index (χ0) is 16.2. The molecule has 1 aromatic carbocycles. The number of anilines is 1. The van der Waals surface area contributed by atoms with Crippen molar-refractivity contribution >= 4 is 28.7 Å². The van der Waals surface area contributed by atoms with Crippen molar-refractivity contribution in [3.05, 3.63) is 71.6 Å². The van der Waals surface area contributed by atoms with Crippen LogP contribution >= 0.6 is 0 Å². The summed E-state index contributed by atoms with van der Waals surface area (Å²) in [6.07, 6.45) is 7.34. The van der Waals surface area contributed by atoms with Gasteiger partial charge < -0.3 is 5.32 Å². The number of amides is 1. The highest BCUT2D eigenvalue weighted by Gasteiger charge is 2.12. The largest absolute Gasteiger partial charge is 0.305 e. The lowest BCUT2D eigenvalue weighted by molar-refractivity contribution is 0.102. The van der Waals surface area contributed by atoms with Crippen LogP contribution in [0.5, 0.6) is 0 Å². The monoisotopic (exact) mass is 303 g/mol. The number of carbonyl (C=O) groups excluding carboxylic acids is 1. The van der Waals surface area contributed by atoms with Crippen LogP contribution in [0.3, 0.4) is 0 Å². The van der Waals surface area contributed by atoms with Gasteiger partial charge in [0.05, 0.1) is 0 Å². The number of aryl methyl sites for hydroxylation is 1. The number of allylic oxidation sites excluding steroid dienone is 1. The van der Waals surface area contributed by atoms with E-state index >= 15 is 0 Å². The van der Waals surface area contributed by atoms with Crippen LogP contribution in [-0.4, -0.2) is 15.9 Å². The van der Waals surface area contributed by atoms with Crippen LogP contribution in [0.15, 0.2) is 54.9 Å². The van der Waals surface area contributed by atoms with Crippen molar-refractivity contribution in [3.63, 3.8) is 0 Å². The number of fused-ring (bicyclic) bond motifs is 1. The number of carbonyl (C=O) groups is 1. The third-order valence-corrected chi connectivity index (χ3v) is 3.61. The van der Waals surface area contributed by atoms with Gasteiger partial charge in [0.25, 0.3) is 5.91 Å². The molecule has 0 aliphatic carbocycles. The van der Waals surface area contributed by atoms with E-state index in [0.717, 1.165) is 16.5 Å². The van der Waals surface area contributed by atoms with Gasteiger partial charge in [0.1, 0.15) is 5.52 Å². The van der Waals surface area contributed by atoms with Crippen molar-refractivity contribution in [3.8, 4) is 0 Å². The highest BCUT2D eigenvalue weighted by molar-refractivity contribution is 6.08. The summed E-state index contributed by atoms with van der Waals surface area (Å²) in [6, 6.07) is 11.4. The van der Waals surface area contributed by atoms with Gasteiger partial charge in [-0.25, -0.2) is 4.98 Å². The molecule has 0 aliphatic rings. The summed E-state index contributed by atoms with van der Waals surface area (Å²) in [5.74, 6) is 0.296. The fraction of sp³-hybridized carbons (Fsp3) is 0.105. The Balaban J connectivity index is 1.92. The summed E-state index contributed by atoms with van der Waals surface area (Å²) in [7, 11) is 0.